The Hall–Kier alpha value is -1.62. The van der Waals surface area contributed by atoms with Gasteiger partial charge < -0.3 is 15.0 Å². The van der Waals surface area contributed by atoms with Crippen molar-refractivity contribution in [1.82, 2.24) is 9.97 Å². The summed E-state index contributed by atoms with van der Waals surface area (Å²) in [6.45, 7) is 5.14. The highest BCUT2D eigenvalue weighted by atomic mass is 19.1. The van der Waals surface area contributed by atoms with E-state index in [1.54, 1.807) is 6.07 Å². The molecule has 0 unspecified atom stereocenters. The Kier molecular flexibility index (Phi) is 2.35. The first kappa shape index (κ1) is 11.5. The van der Waals surface area contributed by atoms with Crippen molar-refractivity contribution in [1.29, 1.82) is 0 Å². The molecule has 1 aliphatic heterocycles. The van der Waals surface area contributed by atoms with Gasteiger partial charge in [0.25, 0.3) is 0 Å². The molecule has 1 aromatic carbocycles. The molecule has 0 atom stereocenters. The van der Waals surface area contributed by atoms with Crippen LogP contribution in [0.1, 0.15) is 13.8 Å². The first-order chi connectivity index (χ1) is 8.48. The average molecular weight is 249 g/mol. The van der Waals surface area contributed by atoms with Gasteiger partial charge in [-0.05, 0) is 24.1 Å². The molecular weight excluding hydrogens is 233 g/mol. The molecule has 5 heteroatoms. The number of nitrogens with zero attached hydrogens (tertiary/aromatic N) is 2. The Bertz CT molecular complexity index is 587. The van der Waals surface area contributed by atoms with Gasteiger partial charge in [0.15, 0.2) is 0 Å². The van der Waals surface area contributed by atoms with E-state index in [2.05, 4.69) is 9.97 Å². The summed E-state index contributed by atoms with van der Waals surface area (Å²) >= 11 is 0. The van der Waals surface area contributed by atoms with Crippen LogP contribution in [-0.4, -0.2) is 33.8 Å². The molecule has 2 N–H and O–H groups in total. The number of H-pyrrole nitrogens is 1. The molecule has 1 aromatic heterocycles. The molecule has 0 aliphatic carbocycles. The summed E-state index contributed by atoms with van der Waals surface area (Å²) in [5.41, 5.74) is 0.792. The number of benzene rings is 1. The predicted molar refractivity (Wildman–Crippen MR) is 68.1 cm³/mol. The normalized spacial score (nSPS) is 18.4. The average Bonchev–Trinajstić information content (AvgIpc) is 2.66. The summed E-state index contributed by atoms with van der Waals surface area (Å²) in [6.07, 6.45) is 0. The third-order valence-electron chi connectivity index (χ3n) is 3.73. The molecule has 0 amide bonds. The van der Waals surface area contributed by atoms with Crippen LogP contribution in [0.2, 0.25) is 0 Å². The number of nitrogens with one attached hydrogen (secondary N) is 1. The van der Waals surface area contributed by atoms with Crippen LogP contribution in [0.25, 0.3) is 11.0 Å². The van der Waals surface area contributed by atoms with E-state index < -0.39 is 5.60 Å². The second-order valence-corrected chi connectivity index (χ2v) is 5.34. The highest BCUT2D eigenvalue weighted by molar-refractivity contribution is 5.77. The number of aromatic amines is 1. The van der Waals surface area contributed by atoms with E-state index in [0.717, 1.165) is 5.52 Å². The highest BCUT2D eigenvalue weighted by Crippen LogP contribution is 2.32. The fourth-order valence-electron chi connectivity index (χ4n) is 2.25. The molecule has 0 saturated carbocycles. The van der Waals surface area contributed by atoms with E-state index in [0.29, 0.717) is 24.6 Å². The standard InChI is InChI=1S/C13H16FN3O/c1-8(2)13(18)6-17(7-13)12-15-10-4-3-9(14)5-11(10)16-12/h3-5,8,18H,6-7H2,1-2H3,(H,15,16). The third-order valence-corrected chi connectivity index (χ3v) is 3.73. The summed E-state index contributed by atoms with van der Waals surface area (Å²) in [7, 11) is 0. The van der Waals surface area contributed by atoms with Crippen LogP contribution in [0.15, 0.2) is 18.2 Å². The molecule has 3 rings (SSSR count). The minimum atomic E-state index is -0.635. The second kappa shape index (κ2) is 3.68. The van der Waals surface area contributed by atoms with Crippen LogP contribution >= 0.6 is 0 Å². The lowest BCUT2D eigenvalue weighted by atomic mass is 9.83. The number of rotatable bonds is 2. The zero-order valence-corrected chi connectivity index (χ0v) is 10.4. The number of hydrogen-bond acceptors (Lipinski definition) is 3. The van der Waals surface area contributed by atoms with Crippen LogP contribution in [0.4, 0.5) is 10.3 Å². The summed E-state index contributed by atoms with van der Waals surface area (Å²) in [5, 5.41) is 10.2. The molecule has 0 spiro atoms. The van der Waals surface area contributed by atoms with Crippen LogP contribution < -0.4 is 4.90 Å². The fraction of sp³-hybridized carbons (Fsp3) is 0.462. The first-order valence-corrected chi connectivity index (χ1v) is 6.10. The smallest absolute Gasteiger partial charge is 0.204 e. The molecule has 4 nitrogen and oxygen atoms in total. The molecule has 1 saturated heterocycles. The van der Waals surface area contributed by atoms with Crippen molar-refractivity contribution in [2.75, 3.05) is 18.0 Å². The van der Waals surface area contributed by atoms with Crippen LogP contribution in [-0.2, 0) is 0 Å². The monoisotopic (exact) mass is 249 g/mol. The third kappa shape index (κ3) is 1.66. The molecule has 18 heavy (non-hydrogen) atoms. The fourth-order valence-corrected chi connectivity index (χ4v) is 2.25. The van der Waals surface area contributed by atoms with Crippen molar-refractivity contribution in [3.8, 4) is 0 Å². The molecule has 0 bridgehead atoms. The van der Waals surface area contributed by atoms with Crippen molar-refractivity contribution in [2.45, 2.75) is 19.4 Å². The van der Waals surface area contributed by atoms with Gasteiger partial charge in [-0.1, -0.05) is 13.8 Å². The Morgan fingerprint density at radius 2 is 2.17 bits per heavy atom. The first-order valence-electron chi connectivity index (χ1n) is 6.10. The number of imidazole rings is 1. The summed E-state index contributed by atoms with van der Waals surface area (Å²) in [4.78, 5) is 9.44. The second-order valence-electron chi connectivity index (χ2n) is 5.34. The quantitative estimate of drug-likeness (QED) is 0.854. The van der Waals surface area contributed by atoms with Crippen LogP contribution in [0.3, 0.4) is 0 Å². The van der Waals surface area contributed by atoms with Gasteiger partial charge in [0, 0.05) is 0 Å². The molecular formula is C13H16FN3O. The van der Waals surface area contributed by atoms with E-state index in [4.69, 9.17) is 0 Å². The number of aromatic nitrogens is 2. The van der Waals surface area contributed by atoms with Gasteiger partial charge in [-0.3, -0.25) is 0 Å². The Morgan fingerprint density at radius 1 is 1.44 bits per heavy atom. The van der Waals surface area contributed by atoms with Crippen molar-refractivity contribution in [3.05, 3.63) is 24.0 Å². The van der Waals surface area contributed by atoms with Crippen LogP contribution in [0, 0.1) is 11.7 Å². The Labute approximate surface area is 104 Å². The van der Waals surface area contributed by atoms with E-state index >= 15 is 0 Å². The molecule has 2 aromatic rings. The van der Waals surface area contributed by atoms with E-state index in [-0.39, 0.29) is 11.7 Å². The minimum absolute atomic E-state index is 0.218. The Morgan fingerprint density at radius 3 is 2.83 bits per heavy atom. The van der Waals surface area contributed by atoms with E-state index in [1.807, 2.05) is 18.7 Å². The number of anilines is 1. The summed E-state index contributed by atoms with van der Waals surface area (Å²) < 4.78 is 13.1. The Balaban J connectivity index is 1.85. The van der Waals surface area contributed by atoms with Gasteiger partial charge in [0.2, 0.25) is 5.95 Å². The lowest BCUT2D eigenvalue weighted by Gasteiger charge is -2.48. The molecule has 96 valence electrons. The highest BCUT2D eigenvalue weighted by Gasteiger charge is 2.44. The van der Waals surface area contributed by atoms with Gasteiger partial charge in [-0.2, -0.15) is 0 Å². The number of fused-ring (bicyclic) bond motifs is 1. The maximum absolute atomic E-state index is 13.1. The van der Waals surface area contributed by atoms with E-state index in [9.17, 15) is 9.50 Å². The van der Waals surface area contributed by atoms with Crippen molar-refractivity contribution in [3.63, 3.8) is 0 Å². The number of hydrogen-bond donors (Lipinski definition) is 2. The number of halogens is 1. The van der Waals surface area contributed by atoms with Crippen molar-refractivity contribution in [2.24, 2.45) is 5.92 Å². The summed E-state index contributed by atoms with van der Waals surface area (Å²) in [6, 6.07) is 4.48. The summed E-state index contributed by atoms with van der Waals surface area (Å²) in [5.74, 6) is 0.636. The van der Waals surface area contributed by atoms with Crippen molar-refractivity contribution < 1.29 is 9.50 Å². The topological polar surface area (TPSA) is 52.1 Å². The maximum atomic E-state index is 13.1. The van der Waals surface area contributed by atoms with Crippen LogP contribution in [0.5, 0.6) is 0 Å². The van der Waals surface area contributed by atoms with Crippen molar-refractivity contribution >= 4 is 17.0 Å². The van der Waals surface area contributed by atoms with E-state index in [1.165, 1.54) is 12.1 Å². The maximum Gasteiger partial charge on any atom is 0.204 e. The largest absolute Gasteiger partial charge is 0.386 e. The van der Waals surface area contributed by atoms with Gasteiger partial charge in [0.05, 0.1) is 24.1 Å². The zero-order chi connectivity index (χ0) is 12.9. The molecule has 0 radical (unpaired) electrons. The predicted octanol–water partition coefficient (Wildman–Crippen LogP) is 1.91. The SMILES string of the molecule is CC(C)C1(O)CN(c2nc3ccc(F)cc3[nH]2)C1. The number of aliphatic hydroxyl groups is 1. The van der Waals surface area contributed by atoms with Gasteiger partial charge in [0.1, 0.15) is 11.4 Å². The van der Waals surface area contributed by atoms with Gasteiger partial charge in [-0.25, -0.2) is 9.37 Å². The lowest BCUT2D eigenvalue weighted by molar-refractivity contribution is -0.0307. The minimum Gasteiger partial charge on any atom is -0.386 e. The molecule has 2 heterocycles. The lowest BCUT2D eigenvalue weighted by Crippen LogP contribution is -2.65. The molecule has 1 fully saturated rings. The zero-order valence-electron chi connectivity index (χ0n) is 10.4. The number of β-amino-alcohol motifs (C(OH)–C–C–N with tert-alkyl or cyclic N) is 1. The van der Waals surface area contributed by atoms with Gasteiger partial charge >= 0.3 is 0 Å². The van der Waals surface area contributed by atoms with Gasteiger partial charge in [-0.15, -0.1) is 0 Å². The molecule has 1 aliphatic rings.